The number of nitrogen functional groups attached to an aromatic ring is 1. The van der Waals surface area contributed by atoms with E-state index in [0.717, 1.165) is 5.01 Å². The molecule has 0 bridgehead atoms. The van der Waals surface area contributed by atoms with Gasteiger partial charge < -0.3 is 16.2 Å². The topological polar surface area (TPSA) is 88.2 Å². The number of hydrogen-bond acceptors (Lipinski definition) is 5. The molecule has 1 amide bonds. The van der Waals surface area contributed by atoms with Crippen LogP contribution in [0, 0.1) is 0 Å². The molecule has 18 heavy (non-hydrogen) atoms. The van der Waals surface area contributed by atoms with Gasteiger partial charge in [0.1, 0.15) is 5.01 Å². The SMILES string of the molecule is CC(NC(=O)c1cccc(N)c1O)c1nccs1. The second-order valence-electron chi connectivity index (χ2n) is 3.81. The van der Waals surface area contributed by atoms with Crippen LogP contribution < -0.4 is 11.1 Å². The average molecular weight is 263 g/mol. The standard InChI is InChI=1S/C12H13N3O2S/c1-7(12-14-5-6-18-12)15-11(17)8-3-2-4-9(13)10(8)16/h2-7,16H,13H2,1H3,(H,15,17). The number of rotatable bonds is 3. The van der Waals surface area contributed by atoms with Crippen molar-refractivity contribution in [1.29, 1.82) is 0 Å². The molecule has 0 aliphatic rings. The Morgan fingerprint density at radius 2 is 2.33 bits per heavy atom. The van der Waals surface area contributed by atoms with Crippen LogP contribution in [-0.4, -0.2) is 16.0 Å². The van der Waals surface area contributed by atoms with Gasteiger partial charge in [-0.1, -0.05) is 6.07 Å². The molecule has 0 saturated carbocycles. The minimum absolute atomic E-state index is 0.165. The van der Waals surface area contributed by atoms with E-state index in [9.17, 15) is 9.90 Å². The summed E-state index contributed by atoms with van der Waals surface area (Å²) in [4.78, 5) is 16.1. The number of carbonyl (C=O) groups excluding carboxylic acids is 1. The number of benzene rings is 1. The third-order valence-corrected chi connectivity index (χ3v) is 3.44. The molecule has 2 aromatic rings. The van der Waals surface area contributed by atoms with Crippen LogP contribution in [0.3, 0.4) is 0 Å². The molecule has 4 N–H and O–H groups in total. The lowest BCUT2D eigenvalue weighted by Crippen LogP contribution is -2.26. The first kappa shape index (κ1) is 12.4. The van der Waals surface area contributed by atoms with E-state index >= 15 is 0 Å². The Bertz CT molecular complexity index is 554. The quantitative estimate of drug-likeness (QED) is 0.583. The Morgan fingerprint density at radius 3 is 3.00 bits per heavy atom. The Hall–Kier alpha value is -2.08. The van der Waals surface area contributed by atoms with Gasteiger partial charge in [0, 0.05) is 11.6 Å². The van der Waals surface area contributed by atoms with Crippen LogP contribution in [0.1, 0.15) is 28.3 Å². The van der Waals surface area contributed by atoms with Crippen molar-refractivity contribution >= 4 is 22.9 Å². The average Bonchev–Trinajstić information content (AvgIpc) is 2.86. The van der Waals surface area contributed by atoms with Crippen molar-refractivity contribution in [1.82, 2.24) is 10.3 Å². The zero-order chi connectivity index (χ0) is 13.1. The minimum atomic E-state index is -0.373. The van der Waals surface area contributed by atoms with E-state index in [2.05, 4.69) is 10.3 Å². The molecule has 5 nitrogen and oxygen atoms in total. The molecular weight excluding hydrogens is 250 g/mol. The number of nitrogens with two attached hydrogens (primary N) is 1. The van der Waals surface area contributed by atoms with E-state index in [-0.39, 0.29) is 28.9 Å². The second-order valence-corrected chi connectivity index (χ2v) is 4.74. The Morgan fingerprint density at radius 1 is 1.56 bits per heavy atom. The summed E-state index contributed by atoms with van der Waals surface area (Å²) in [6, 6.07) is 4.47. The van der Waals surface area contributed by atoms with Gasteiger partial charge >= 0.3 is 0 Å². The van der Waals surface area contributed by atoms with Gasteiger partial charge in [-0.05, 0) is 19.1 Å². The summed E-state index contributed by atoms with van der Waals surface area (Å²) in [5, 5.41) is 15.1. The summed E-state index contributed by atoms with van der Waals surface area (Å²) in [5.41, 5.74) is 5.89. The molecule has 0 saturated heterocycles. The van der Waals surface area contributed by atoms with Crippen LogP contribution in [-0.2, 0) is 0 Å². The van der Waals surface area contributed by atoms with Crippen LogP contribution >= 0.6 is 11.3 Å². The predicted molar refractivity (Wildman–Crippen MR) is 70.5 cm³/mol. The monoisotopic (exact) mass is 263 g/mol. The third kappa shape index (κ3) is 2.43. The van der Waals surface area contributed by atoms with Gasteiger partial charge in [-0.3, -0.25) is 4.79 Å². The van der Waals surface area contributed by atoms with Gasteiger partial charge in [0.15, 0.2) is 5.75 Å². The third-order valence-electron chi connectivity index (χ3n) is 2.48. The molecule has 0 aliphatic heterocycles. The molecule has 0 radical (unpaired) electrons. The van der Waals surface area contributed by atoms with Crippen LogP contribution in [0.5, 0.6) is 5.75 Å². The lowest BCUT2D eigenvalue weighted by molar-refractivity contribution is 0.0937. The number of phenols is 1. The molecule has 1 heterocycles. The zero-order valence-corrected chi connectivity index (χ0v) is 10.6. The number of thiazole rings is 1. The van der Waals surface area contributed by atoms with Gasteiger partial charge in [0.25, 0.3) is 5.91 Å². The summed E-state index contributed by atoms with van der Waals surface area (Å²) in [6.07, 6.45) is 1.68. The number of hydrogen-bond donors (Lipinski definition) is 3. The highest BCUT2D eigenvalue weighted by Gasteiger charge is 2.16. The maximum Gasteiger partial charge on any atom is 0.255 e. The number of amides is 1. The van der Waals surface area contributed by atoms with Crippen LogP contribution in [0.2, 0.25) is 0 Å². The number of phenolic OH excluding ortho intramolecular Hbond substituents is 1. The van der Waals surface area contributed by atoms with Gasteiger partial charge in [0.2, 0.25) is 0 Å². The number of aromatic hydroxyl groups is 1. The summed E-state index contributed by atoms with van der Waals surface area (Å²) in [7, 11) is 0. The minimum Gasteiger partial charge on any atom is -0.505 e. The van der Waals surface area contributed by atoms with Gasteiger partial charge in [0.05, 0.1) is 17.3 Å². The van der Waals surface area contributed by atoms with Crippen LogP contribution in [0.15, 0.2) is 29.8 Å². The predicted octanol–water partition coefficient (Wildman–Crippen LogP) is 1.92. The van der Waals surface area contributed by atoms with Crippen LogP contribution in [0.25, 0.3) is 0 Å². The maximum absolute atomic E-state index is 12.0. The molecule has 1 unspecified atom stereocenters. The van der Waals surface area contributed by atoms with E-state index in [4.69, 9.17) is 5.73 Å². The van der Waals surface area contributed by atoms with Gasteiger partial charge in [-0.25, -0.2) is 4.98 Å². The first-order chi connectivity index (χ1) is 8.59. The summed E-state index contributed by atoms with van der Waals surface area (Å²) >= 11 is 1.46. The highest BCUT2D eigenvalue weighted by molar-refractivity contribution is 7.09. The van der Waals surface area contributed by atoms with E-state index < -0.39 is 0 Å². The lowest BCUT2D eigenvalue weighted by Gasteiger charge is -2.12. The van der Waals surface area contributed by atoms with Crippen molar-refractivity contribution in [2.45, 2.75) is 13.0 Å². The first-order valence-corrected chi connectivity index (χ1v) is 6.25. The Balaban J connectivity index is 2.15. The number of para-hydroxylation sites is 1. The molecule has 0 fully saturated rings. The van der Waals surface area contributed by atoms with Crippen molar-refractivity contribution in [2.24, 2.45) is 0 Å². The van der Waals surface area contributed by atoms with Crippen LogP contribution in [0.4, 0.5) is 5.69 Å². The molecule has 94 valence electrons. The fourth-order valence-electron chi connectivity index (χ4n) is 1.53. The molecule has 0 aliphatic carbocycles. The van der Waals surface area contributed by atoms with Crippen molar-refractivity contribution in [3.63, 3.8) is 0 Å². The summed E-state index contributed by atoms with van der Waals surface area (Å²) in [6.45, 7) is 1.83. The summed E-state index contributed by atoms with van der Waals surface area (Å²) < 4.78 is 0. The van der Waals surface area contributed by atoms with Crippen molar-refractivity contribution in [3.05, 3.63) is 40.3 Å². The molecule has 1 aromatic carbocycles. The highest BCUT2D eigenvalue weighted by Crippen LogP contribution is 2.25. The largest absolute Gasteiger partial charge is 0.505 e. The number of carbonyl (C=O) groups is 1. The molecule has 6 heteroatoms. The van der Waals surface area contributed by atoms with Gasteiger partial charge in [-0.2, -0.15) is 0 Å². The van der Waals surface area contributed by atoms with E-state index in [1.807, 2.05) is 12.3 Å². The number of nitrogens with one attached hydrogen (secondary N) is 1. The molecule has 2 rings (SSSR count). The first-order valence-electron chi connectivity index (χ1n) is 5.37. The molecule has 0 spiro atoms. The number of aromatic nitrogens is 1. The van der Waals surface area contributed by atoms with E-state index in [1.165, 1.54) is 23.5 Å². The zero-order valence-electron chi connectivity index (χ0n) is 9.75. The number of anilines is 1. The Labute approximate surface area is 108 Å². The van der Waals surface area contributed by atoms with Crippen molar-refractivity contribution in [2.75, 3.05) is 5.73 Å². The van der Waals surface area contributed by atoms with E-state index in [1.54, 1.807) is 12.3 Å². The Kier molecular flexibility index (Phi) is 3.47. The highest BCUT2D eigenvalue weighted by atomic mass is 32.1. The maximum atomic E-state index is 12.0. The molecule has 1 atom stereocenters. The van der Waals surface area contributed by atoms with Crippen molar-refractivity contribution < 1.29 is 9.90 Å². The van der Waals surface area contributed by atoms with Crippen molar-refractivity contribution in [3.8, 4) is 5.75 Å². The van der Waals surface area contributed by atoms with E-state index in [0.29, 0.717) is 0 Å². The normalized spacial score (nSPS) is 12.1. The fourth-order valence-corrected chi connectivity index (χ4v) is 2.17. The summed E-state index contributed by atoms with van der Waals surface area (Å²) in [5.74, 6) is -0.566. The lowest BCUT2D eigenvalue weighted by atomic mass is 10.1. The fraction of sp³-hybridized carbons (Fsp3) is 0.167. The second kappa shape index (κ2) is 5.05. The molecule has 1 aromatic heterocycles. The smallest absolute Gasteiger partial charge is 0.255 e. The molecular formula is C12H13N3O2S. The number of nitrogens with zero attached hydrogens (tertiary/aromatic N) is 1. The van der Waals surface area contributed by atoms with Gasteiger partial charge in [-0.15, -0.1) is 11.3 Å².